The Morgan fingerprint density at radius 1 is 1.29 bits per heavy atom. The summed E-state index contributed by atoms with van der Waals surface area (Å²) in [6.07, 6.45) is 1.68. The summed E-state index contributed by atoms with van der Waals surface area (Å²) in [6.45, 7) is 4.15. The minimum atomic E-state index is 0.244. The van der Waals surface area contributed by atoms with Crippen molar-refractivity contribution in [1.82, 2.24) is 9.78 Å². The highest BCUT2D eigenvalue weighted by Crippen LogP contribution is 2.48. The van der Waals surface area contributed by atoms with E-state index in [-0.39, 0.29) is 5.92 Å². The van der Waals surface area contributed by atoms with E-state index >= 15 is 0 Å². The molecular weight excluding hydrogens is 290 g/mol. The van der Waals surface area contributed by atoms with Crippen LogP contribution in [-0.2, 0) is 7.05 Å². The zero-order valence-electron chi connectivity index (χ0n) is 12.9. The molecule has 0 aliphatic carbocycles. The van der Waals surface area contributed by atoms with Gasteiger partial charge >= 0.3 is 0 Å². The summed E-state index contributed by atoms with van der Waals surface area (Å²) in [5, 5.41) is 4.79. The molecule has 114 valence electrons. The molecule has 0 amide bonds. The monoisotopic (exact) mass is 309 g/mol. The molecule has 2 aromatic rings. The fraction of sp³-hybridized carbons (Fsp3) is 0.400. The Morgan fingerprint density at radius 3 is 2.38 bits per heavy atom. The van der Waals surface area contributed by atoms with Gasteiger partial charge in [-0.05, 0) is 17.5 Å². The molecule has 0 spiro atoms. The van der Waals surface area contributed by atoms with Crippen molar-refractivity contribution in [2.24, 2.45) is 7.05 Å². The summed E-state index contributed by atoms with van der Waals surface area (Å²) >= 11 is 6.60. The van der Waals surface area contributed by atoms with Crippen molar-refractivity contribution in [1.29, 1.82) is 0 Å². The second kappa shape index (κ2) is 5.85. The first-order chi connectivity index (χ1) is 9.92. The largest absolute Gasteiger partial charge is 0.493 e. The lowest BCUT2D eigenvalue weighted by atomic mass is 9.96. The van der Waals surface area contributed by atoms with Crippen LogP contribution in [0.5, 0.6) is 11.5 Å². The molecule has 21 heavy (non-hydrogen) atoms. The molecule has 5 nitrogen and oxygen atoms in total. The molecule has 0 unspecified atom stereocenters. The fourth-order valence-electron chi connectivity index (χ4n) is 2.29. The van der Waals surface area contributed by atoms with Crippen LogP contribution in [0.25, 0.3) is 11.1 Å². The number of nitrogens with zero attached hydrogens (tertiary/aromatic N) is 2. The molecule has 0 saturated carbocycles. The average molecular weight is 310 g/mol. The Kier molecular flexibility index (Phi) is 4.32. The molecule has 1 aromatic heterocycles. The molecule has 6 heteroatoms. The van der Waals surface area contributed by atoms with Crippen molar-refractivity contribution in [3.8, 4) is 22.6 Å². The van der Waals surface area contributed by atoms with E-state index in [1.807, 2.05) is 6.07 Å². The van der Waals surface area contributed by atoms with Crippen molar-refractivity contribution < 1.29 is 9.47 Å². The van der Waals surface area contributed by atoms with Gasteiger partial charge in [-0.2, -0.15) is 5.10 Å². The Labute approximate surface area is 129 Å². The van der Waals surface area contributed by atoms with E-state index < -0.39 is 0 Å². The Bertz CT molecular complexity index is 665. The van der Waals surface area contributed by atoms with Crippen LogP contribution in [0.1, 0.15) is 25.3 Å². The normalized spacial score (nSPS) is 11.0. The third-order valence-electron chi connectivity index (χ3n) is 3.51. The molecule has 0 aliphatic rings. The smallest absolute Gasteiger partial charge is 0.170 e. The van der Waals surface area contributed by atoms with Crippen molar-refractivity contribution in [2.75, 3.05) is 20.0 Å². The highest BCUT2D eigenvalue weighted by molar-refractivity contribution is 6.35. The maximum Gasteiger partial charge on any atom is 0.170 e. The van der Waals surface area contributed by atoms with Crippen LogP contribution in [0.15, 0.2) is 12.3 Å². The van der Waals surface area contributed by atoms with E-state index in [0.29, 0.717) is 27.9 Å². The van der Waals surface area contributed by atoms with Gasteiger partial charge < -0.3 is 15.2 Å². The van der Waals surface area contributed by atoms with Gasteiger partial charge in [0.25, 0.3) is 0 Å². The number of nitrogen functional groups attached to an aromatic ring is 1. The summed E-state index contributed by atoms with van der Waals surface area (Å²) in [6, 6.07) is 1.90. The lowest BCUT2D eigenvalue weighted by molar-refractivity contribution is 0.355. The highest BCUT2D eigenvalue weighted by atomic mass is 35.5. The van der Waals surface area contributed by atoms with E-state index in [9.17, 15) is 0 Å². The summed E-state index contributed by atoms with van der Waals surface area (Å²) in [7, 11) is 4.97. The highest BCUT2D eigenvalue weighted by Gasteiger charge is 2.24. The first-order valence-corrected chi connectivity index (χ1v) is 7.02. The third-order valence-corrected chi connectivity index (χ3v) is 3.92. The second-order valence-electron chi connectivity index (χ2n) is 5.11. The number of hydrogen-bond donors (Lipinski definition) is 1. The summed E-state index contributed by atoms with van der Waals surface area (Å²) in [5.74, 6) is 1.96. The molecule has 0 saturated heterocycles. The molecule has 0 bridgehead atoms. The summed E-state index contributed by atoms with van der Waals surface area (Å²) in [5.41, 5.74) is 8.52. The molecule has 0 radical (unpaired) electrons. The second-order valence-corrected chi connectivity index (χ2v) is 5.49. The zero-order valence-corrected chi connectivity index (χ0v) is 13.7. The van der Waals surface area contributed by atoms with Crippen LogP contribution in [0, 0.1) is 0 Å². The number of benzene rings is 1. The molecular formula is C15H20ClN3O2. The van der Waals surface area contributed by atoms with Crippen LogP contribution < -0.4 is 15.2 Å². The van der Waals surface area contributed by atoms with Gasteiger partial charge in [0.2, 0.25) is 0 Å². The summed E-state index contributed by atoms with van der Waals surface area (Å²) < 4.78 is 12.5. The van der Waals surface area contributed by atoms with Crippen LogP contribution in [0.4, 0.5) is 5.82 Å². The Morgan fingerprint density at radius 2 is 1.95 bits per heavy atom. The Hall–Kier alpha value is -1.88. The summed E-state index contributed by atoms with van der Waals surface area (Å²) in [4.78, 5) is 0. The maximum absolute atomic E-state index is 6.60. The number of hydrogen-bond acceptors (Lipinski definition) is 4. The van der Waals surface area contributed by atoms with Gasteiger partial charge in [0.15, 0.2) is 11.5 Å². The third kappa shape index (κ3) is 2.53. The predicted octanol–water partition coefficient (Wildman–Crippen LogP) is 3.46. The van der Waals surface area contributed by atoms with Gasteiger partial charge in [-0.1, -0.05) is 25.4 Å². The van der Waals surface area contributed by atoms with E-state index in [0.717, 1.165) is 11.1 Å². The lowest BCUT2D eigenvalue weighted by Gasteiger charge is -2.19. The van der Waals surface area contributed by atoms with Crippen LogP contribution in [-0.4, -0.2) is 24.0 Å². The number of nitrogens with two attached hydrogens (primary N) is 1. The SMILES string of the molecule is COc1cc(C(C)C)c(Cl)c(-c2cnn(C)c2N)c1OC. The molecule has 0 aliphatic heterocycles. The van der Waals surface area contributed by atoms with Gasteiger partial charge in [-0.15, -0.1) is 0 Å². The van der Waals surface area contributed by atoms with Gasteiger partial charge in [0.1, 0.15) is 5.82 Å². The van der Waals surface area contributed by atoms with E-state index in [1.165, 1.54) is 0 Å². The molecule has 1 heterocycles. The zero-order chi connectivity index (χ0) is 15.7. The van der Waals surface area contributed by atoms with Gasteiger partial charge in [-0.3, -0.25) is 4.68 Å². The quantitative estimate of drug-likeness (QED) is 0.939. The molecule has 1 aromatic carbocycles. The van der Waals surface area contributed by atoms with E-state index in [2.05, 4.69) is 18.9 Å². The number of anilines is 1. The predicted molar refractivity (Wildman–Crippen MR) is 85.3 cm³/mol. The number of aromatic nitrogens is 2. The van der Waals surface area contributed by atoms with Crippen molar-refractivity contribution in [3.05, 3.63) is 22.8 Å². The molecule has 0 atom stereocenters. The van der Waals surface area contributed by atoms with Crippen molar-refractivity contribution in [3.63, 3.8) is 0 Å². The molecule has 2 N–H and O–H groups in total. The van der Waals surface area contributed by atoms with E-state index in [1.54, 1.807) is 32.1 Å². The standard InChI is InChI=1S/C15H20ClN3O2/c1-8(2)9-6-11(20-4)14(21-5)12(13(9)16)10-7-18-19(3)15(10)17/h6-8H,17H2,1-5H3. The number of methoxy groups -OCH3 is 2. The average Bonchev–Trinajstić information content (AvgIpc) is 2.78. The van der Waals surface area contributed by atoms with Crippen molar-refractivity contribution in [2.45, 2.75) is 19.8 Å². The van der Waals surface area contributed by atoms with E-state index in [4.69, 9.17) is 26.8 Å². The van der Waals surface area contributed by atoms with Gasteiger partial charge in [-0.25, -0.2) is 0 Å². The first-order valence-electron chi connectivity index (χ1n) is 6.64. The number of ether oxygens (including phenoxy) is 2. The molecule has 0 fully saturated rings. The van der Waals surface area contributed by atoms with Crippen LogP contribution in [0.3, 0.4) is 0 Å². The lowest BCUT2D eigenvalue weighted by Crippen LogP contribution is -2.02. The molecule has 2 rings (SSSR count). The number of aryl methyl sites for hydroxylation is 1. The number of halogens is 1. The van der Waals surface area contributed by atoms with Crippen LogP contribution in [0.2, 0.25) is 5.02 Å². The van der Waals surface area contributed by atoms with Gasteiger partial charge in [0, 0.05) is 12.6 Å². The topological polar surface area (TPSA) is 62.3 Å². The Balaban J connectivity index is 2.84. The van der Waals surface area contributed by atoms with Crippen LogP contribution >= 0.6 is 11.6 Å². The minimum absolute atomic E-state index is 0.244. The minimum Gasteiger partial charge on any atom is -0.493 e. The first kappa shape index (κ1) is 15.5. The van der Waals surface area contributed by atoms with Gasteiger partial charge in [0.05, 0.1) is 31.0 Å². The fourth-order valence-corrected chi connectivity index (χ4v) is 2.75. The van der Waals surface area contributed by atoms with Crippen molar-refractivity contribution >= 4 is 17.4 Å². The number of rotatable bonds is 4. The maximum atomic E-state index is 6.60.